The van der Waals surface area contributed by atoms with Crippen molar-refractivity contribution in [1.29, 1.82) is 0 Å². The van der Waals surface area contributed by atoms with Gasteiger partial charge in [0.15, 0.2) is 0 Å². The van der Waals surface area contributed by atoms with Gasteiger partial charge in [0, 0.05) is 19.3 Å². The van der Waals surface area contributed by atoms with Gasteiger partial charge in [-0.05, 0) is 26.3 Å². The van der Waals surface area contributed by atoms with Crippen LogP contribution in [0, 0.1) is 0 Å². The van der Waals surface area contributed by atoms with Gasteiger partial charge in [0.05, 0.1) is 0 Å². The first-order chi connectivity index (χ1) is 5.70. The van der Waals surface area contributed by atoms with Crippen molar-refractivity contribution in [2.75, 3.05) is 13.2 Å². The Labute approximate surface area is 74.7 Å². The fraction of sp³-hybridized carbons (Fsp3) is 0.600. The molecule has 0 spiro atoms. The van der Waals surface area contributed by atoms with Crippen LogP contribution in [-0.4, -0.2) is 19.3 Å². The normalized spacial score (nSPS) is 27.2. The summed E-state index contributed by atoms with van der Waals surface area (Å²) in [5, 5.41) is 6.63. The fourth-order valence-corrected chi connectivity index (χ4v) is 1.19. The van der Waals surface area contributed by atoms with Crippen LogP contribution in [0.4, 0.5) is 0 Å². The first-order valence-corrected chi connectivity index (χ1v) is 4.48. The number of hydrogen-bond acceptors (Lipinski definition) is 2. The summed E-state index contributed by atoms with van der Waals surface area (Å²) in [6.07, 6.45) is 4.37. The lowest BCUT2D eigenvalue weighted by Gasteiger charge is -2.24. The average molecular weight is 166 g/mol. The van der Waals surface area contributed by atoms with Crippen molar-refractivity contribution in [3.05, 3.63) is 23.3 Å². The maximum absolute atomic E-state index is 3.35. The molecule has 0 aliphatic carbocycles. The Balaban J connectivity index is 2.59. The van der Waals surface area contributed by atoms with Crippen LogP contribution in [0.25, 0.3) is 0 Å². The topological polar surface area (TPSA) is 24.1 Å². The molecule has 0 aromatic heterocycles. The highest BCUT2D eigenvalue weighted by Crippen LogP contribution is 2.05. The van der Waals surface area contributed by atoms with E-state index in [1.54, 1.807) is 0 Å². The minimum absolute atomic E-state index is 0.516. The molecule has 2 nitrogen and oxygen atoms in total. The van der Waals surface area contributed by atoms with Crippen molar-refractivity contribution in [1.82, 2.24) is 10.6 Å². The highest BCUT2D eigenvalue weighted by atomic mass is 15.1. The standard InChI is InChI=1S/C10H18N2/c1-8(2)4-5-10-6-11-7-12-9(10)3/h4-5,9,11-12H,6-7H2,1-3H3/b10-5+/t9-/m0/s1. The Morgan fingerprint density at radius 3 is 2.83 bits per heavy atom. The lowest BCUT2D eigenvalue weighted by Crippen LogP contribution is -2.45. The molecule has 1 aliphatic rings. The van der Waals surface area contributed by atoms with Gasteiger partial charge in [-0.2, -0.15) is 0 Å². The average Bonchev–Trinajstić information content (AvgIpc) is 2.03. The molecule has 0 aromatic carbocycles. The first kappa shape index (κ1) is 9.49. The van der Waals surface area contributed by atoms with Crippen LogP contribution in [0.2, 0.25) is 0 Å². The SMILES string of the molecule is CC(C)=C/C=C1\CNCN[C@H]1C. The molecule has 1 aliphatic heterocycles. The third-order valence-corrected chi connectivity index (χ3v) is 2.05. The number of nitrogens with one attached hydrogen (secondary N) is 2. The van der Waals surface area contributed by atoms with E-state index in [1.165, 1.54) is 11.1 Å². The first-order valence-electron chi connectivity index (χ1n) is 4.48. The fourth-order valence-electron chi connectivity index (χ4n) is 1.19. The Morgan fingerprint density at radius 1 is 1.50 bits per heavy atom. The predicted molar refractivity (Wildman–Crippen MR) is 53.0 cm³/mol. The minimum Gasteiger partial charge on any atom is -0.301 e. The molecule has 1 rings (SSSR count). The lowest BCUT2D eigenvalue weighted by atomic mass is 10.1. The summed E-state index contributed by atoms with van der Waals surface area (Å²) < 4.78 is 0. The quantitative estimate of drug-likeness (QED) is 0.615. The van der Waals surface area contributed by atoms with Crippen LogP contribution in [-0.2, 0) is 0 Å². The third-order valence-electron chi connectivity index (χ3n) is 2.05. The van der Waals surface area contributed by atoms with Crippen LogP contribution in [0.5, 0.6) is 0 Å². The van der Waals surface area contributed by atoms with E-state index in [-0.39, 0.29) is 0 Å². The Bertz CT molecular complexity index is 200. The van der Waals surface area contributed by atoms with Crippen LogP contribution in [0.3, 0.4) is 0 Å². The molecule has 0 radical (unpaired) electrons. The molecule has 0 amide bonds. The molecule has 1 saturated heterocycles. The number of rotatable bonds is 1. The molecule has 68 valence electrons. The smallest absolute Gasteiger partial charge is 0.0461 e. The maximum Gasteiger partial charge on any atom is 0.0461 e. The van der Waals surface area contributed by atoms with Gasteiger partial charge in [-0.3, -0.25) is 5.32 Å². The summed E-state index contributed by atoms with van der Waals surface area (Å²) in [5.41, 5.74) is 2.78. The van der Waals surface area contributed by atoms with E-state index in [0.717, 1.165) is 13.2 Å². The largest absolute Gasteiger partial charge is 0.301 e. The van der Waals surface area contributed by atoms with Gasteiger partial charge >= 0.3 is 0 Å². The minimum atomic E-state index is 0.516. The molecule has 12 heavy (non-hydrogen) atoms. The van der Waals surface area contributed by atoms with Crippen LogP contribution in [0.15, 0.2) is 23.3 Å². The zero-order valence-electron chi connectivity index (χ0n) is 8.15. The monoisotopic (exact) mass is 166 g/mol. The van der Waals surface area contributed by atoms with Gasteiger partial charge in [-0.25, -0.2) is 0 Å². The van der Waals surface area contributed by atoms with Gasteiger partial charge in [0.1, 0.15) is 0 Å². The zero-order valence-corrected chi connectivity index (χ0v) is 8.15. The van der Waals surface area contributed by atoms with E-state index in [4.69, 9.17) is 0 Å². The second-order valence-corrected chi connectivity index (χ2v) is 3.51. The summed E-state index contributed by atoms with van der Waals surface area (Å²) >= 11 is 0. The summed E-state index contributed by atoms with van der Waals surface area (Å²) in [7, 11) is 0. The molecule has 2 N–H and O–H groups in total. The van der Waals surface area contributed by atoms with Gasteiger partial charge in [-0.15, -0.1) is 0 Å². The van der Waals surface area contributed by atoms with Gasteiger partial charge in [-0.1, -0.05) is 17.7 Å². The van der Waals surface area contributed by atoms with E-state index >= 15 is 0 Å². The summed E-state index contributed by atoms with van der Waals surface area (Å²) in [5.74, 6) is 0. The molecular formula is C10H18N2. The van der Waals surface area contributed by atoms with Crippen LogP contribution >= 0.6 is 0 Å². The van der Waals surface area contributed by atoms with E-state index in [2.05, 4.69) is 43.6 Å². The molecule has 1 heterocycles. The molecule has 0 unspecified atom stereocenters. The van der Waals surface area contributed by atoms with Gasteiger partial charge in [0.25, 0.3) is 0 Å². The van der Waals surface area contributed by atoms with E-state index in [0.29, 0.717) is 6.04 Å². The molecule has 0 bridgehead atoms. The molecule has 1 fully saturated rings. The second-order valence-electron chi connectivity index (χ2n) is 3.51. The van der Waals surface area contributed by atoms with E-state index in [9.17, 15) is 0 Å². The van der Waals surface area contributed by atoms with Gasteiger partial charge < -0.3 is 5.32 Å². The van der Waals surface area contributed by atoms with Crippen molar-refractivity contribution in [3.63, 3.8) is 0 Å². The molecule has 2 heteroatoms. The van der Waals surface area contributed by atoms with Crippen LogP contribution in [0.1, 0.15) is 20.8 Å². The highest BCUT2D eigenvalue weighted by molar-refractivity contribution is 5.21. The summed E-state index contributed by atoms with van der Waals surface area (Å²) in [4.78, 5) is 0. The number of allylic oxidation sites excluding steroid dienone is 3. The lowest BCUT2D eigenvalue weighted by molar-refractivity contribution is 0.491. The summed E-state index contributed by atoms with van der Waals surface area (Å²) in [6.45, 7) is 8.37. The molecule has 1 atom stereocenters. The Hall–Kier alpha value is -0.600. The van der Waals surface area contributed by atoms with Crippen molar-refractivity contribution < 1.29 is 0 Å². The maximum atomic E-state index is 3.35. The Morgan fingerprint density at radius 2 is 2.25 bits per heavy atom. The van der Waals surface area contributed by atoms with Crippen molar-refractivity contribution in [3.8, 4) is 0 Å². The highest BCUT2D eigenvalue weighted by Gasteiger charge is 2.10. The van der Waals surface area contributed by atoms with Crippen molar-refractivity contribution in [2.24, 2.45) is 0 Å². The third kappa shape index (κ3) is 2.80. The predicted octanol–water partition coefficient (Wildman–Crippen LogP) is 1.42. The zero-order chi connectivity index (χ0) is 8.97. The second kappa shape index (κ2) is 4.43. The Kier molecular flexibility index (Phi) is 3.50. The van der Waals surface area contributed by atoms with Crippen molar-refractivity contribution in [2.45, 2.75) is 26.8 Å². The molecule has 0 saturated carbocycles. The summed E-state index contributed by atoms with van der Waals surface area (Å²) in [6, 6.07) is 0.516. The van der Waals surface area contributed by atoms with Gasteiger partial charge in [0.2, 0.25) is 0 Å². The van der Waals surface area contributed by atoms with Crippen LogP contribution < -0.4 is 10.6 Å². The van der Waals surface area contributed by atoms with E-state index in [1.807, 2.05) is 0 Å². The molecular weight excluding hydrogens is 148 g/mol. The molecule has 0 aromatic rings. The number of hydrogen-bond donors (Lipinski definition) is 2. The van der Waals surface area contributed by atoms with E-state index < -0.39 is 0 Å². The van der Waals surface area contributed by atoms with Crippen molar-refractivity contribution >= 4 is 0 Å².